The Balaban J connectivity index is 1.71. The molecule has 0 atom stereocenters. The number of para-hydroxylation sites is 3. The summed E-state index contributed by atoms with van der Waals surface area (Å²) in [5.74, 6) is 0.535. The van der Waals surface area contributed by atoms with Gasteiger partial charge in [-0.2, -0.15) is 0 Å². The van der Waals surface area contributed by atoms with Crippen molar-refractivity contribution in [3.63, 3.8) is 0 Å². The summed E-state index contributed by atoms with van der Waals surface area (Å²) in [7, 11) is 0. The molecule has 1 amide bonds. The van der Waals surface area contributed by atoms with Crippen molar-refractivity contribution in [2.75, 3.05) is 10.6 Å². The van der Waals surface area contributed by atoms with Crippen molar-refractivity contribution in [2.24, 2.45) is 0 Å². The summed E-state index contributed by atoms with van der Waals surface area (Å²) in [6, 6.07) is 18.9. The molecule has 2 aromatic carbocycles. The molecule has 0 saturated carbocycles. The fraction of sp³-hybridized carbons (Fsp3) is 0.182. The van der Waals surface area contributed by atoms with Crippen molar-refractivity contribution in [3.8, 4) is 5.75 Å². The molecule has 0 aliphatic carbocycles. The maximum absolute atomic E-state index is 12.4. The summed E-state index contributed by atoms with van der Waals surface area (Å²) in [6.07, 6.45) is 1.72. The normalized spacial score (nSPS) is 10.5. The summed E-state index contributed by atoms with van der Waals surface area (Å²) in [6.45, 7) is 5.92. The van der Waals surface area contributed by atoms with Gasteiger partial charge in [0, 0.05) is 5.69 Å². The molecule has 3 rings (SSSR count). The summed E-state index contributed by atoms with van der Waals surface area (Å²) < 4.78 is 5.81. The number of nitrogens with one attached hydrogen (secondary N) is 2. The molecular weight excluding hydrogens is 338 g/mol. The van der Waals surface area contributed by atoms with Gasteiger partial charge in [-0.25, -0.2) is 4.98 Å². The van der Waals surface area contributed by atoms with Gasteiger partial charge in [-0.05, 0) is 56.7 Å². The fourth-order valence-corrected chi connectivity index (χ4v) is 2.58. The van der Waals surface area contributed by atoms with E-state index < -0.39 is 0 Å². The minimum absolute atomic E-state index is 0.0820. The Labute approximate surface area is 159 Å². The highest BCUT2D eigenvalue weighted by Gasteiger charge is 2.10. The highest BCUT2D eigenvalue weighted by molar-refractivity contribution is 6.03. The van der Waals surface area contributed by atoms with Crippen LogP contribution in [-0.4, -0.2) is 17.0 Å². The van der Waals surface area contributed by atoms with Crippen molar-refractivity contribution >= 4 is 23.0 Å². The number of pyridine rings is 1. The number of carbonyl (C=O) groups excluding carboxylic acids is 1. The number of rotatable bonds is 6. The van der Waals surface area contributed by atoms with Gasteiger partial charge in [-0.15, -0.1) is 0 Å². The Kier molecular flexibility index (Phi) is 5.71. The third-order valence-corrected chi connectivity index (χ3v) is 3.92. The lowest BCUT2D eigenvalue weighted by atomic mass is 10.2. The Hall–Kier alpha value is -3.34. The van der Waals surface area contributed by atoms with Gasteiger partial charge in [0.15, 0.2) is 0 Å². The molecule has 0 bridgehead atoms. The van der Waals surface area contributed by atoms with Crippen LogP contribution in [0.25, 0.3) is 0 Å². The van der Waals surface area contributed by atoms with Crippen LogP contribution in [0.3, 0.4) is 0 Å². The molecule has 0 spiro atoms. The van der Waals surface area contributed by atoms with Gasteiger partial charge in [-0.3, -0.25) is 4.79 Å². The van der Waals surface area contributed by atoms with Crippen molar-refractivity contribution in [3.05, 3.63) is 78.1 Å². The van der Waals surface area contributed by atoms with Gasteiger partial charge in [-0.1, -0.05) is 30.3 Å². The zero-order valence-corrected chi connectivity index (χ0v) is 15.7. The van der Waals surface area contributed by atoms with E-state index in [2.05, 4.69) is 15.6 Å². The first-order valence-electron chi connectivity index (χ1n) is 8.88. The highest BCUT2D eigenvalue weighted by Crippen LogP contribution is 2.28. The Morgan fingerprint density at radius 3 is 2.33 bits per heavy atom. The minimum Gasteiger partial charge on any atom is -0.489 e. The summed E-state index contributed by atoms with van der Waals surface area (Å²) in [5, 5.41) is 6.17. The molecule has 1 aromatic heterocycles. The lowest BCUT2D eigenvalue weighted by Crippen LogP contribution is -2.14. The predicted molar refractivity (Wildman–Crippen MR) is 109 cm³/mol. The lowest BCUT2D eigenvalue weighted by molar-refractivity contribution is 0.102. The number of hydrogen-bond acceptors (Lipinski definition) is 4. The minimum atomic E-state index is -0.237. The maximum Gasteiger partial charge on any atom is 0.274 e. The molecule has 3 aromatic rings. The zero-order valence-electron chi connectivity index (χ0n) is 15.7. The van der Waals surface area contributed by atoms with E-state index in [1.165, 1.54) is 0 Å². The van der Waals surface area contributed by atoms with Crippen LogP contribution in [-0.2, 0) is 0 Å². The number of benzene rings is 2. The number of nitrogens with zero attached hydrogens (tertiary/aromatic N) is 1. The van der Waals surface area contributed by atoms with E-state index in [1.807, 2.05) is 75.4 Å². The number of aryl methyl sites for hydroxylation is 1. The first-order chi connectivity index (χ1) is 13.0. The first kappa shape index (κ1) is 18.5. The Bertz CT molecular complexity index is 921. The van der Waals surface area contributed by atoms with Crippen molar-refractivity contribution in [2.45, 2.75) is 26.9 Å². The average Bonchev–Trinajstić information content (AvgIpc) is 2.65. The molecule has 2 N–H and O–H groups in total. The number of ether oxygens (including phenoxy) is 1. The van der Waals surface area contributed by atoms with Crippen LogP contribution in [0.4, 0.5) is 17.1 Å². The van der Waals surface area contributed by atoms with Gasteiger partial charge in [0.2, 0.25) is 0 Å². The van der Waals surface area contributed by atoms with Crippen LogP contribution in [0, 0.1) is 6.92 Å². The van der Waals surface area contributed by atoms with Gasteiger partial charge >= 0.3 is 0 Å². The third-order valence-electron chi connectivity index (χ3n) is 3.92. The van der Waals surface area contributed by atoms with E-state index >= 15 is 0 Å². The Morgan fingerprint density at radius 1 is 0.963 bits per heavy atom. The standard InChI is InChI=1S/C22H23N3O2/c1-15(2)27-21-11-7-6-10-19(21)24-17-12-13-20(23-14-17)22(26)25-18-9-5-4-8-16(18)3/h4-15,24H,1-3H3,(H,25,26). The van der Waals surface area contributed by atoms with Crippen LogP contribution in [0.5, 0.6) is 5.75 Å². The molecule has 0 fully saturated rings. The molecule has 27 heavy (non-hydrogen) atoms. The Morgan fingerprint density at radius 2 is 1.67 bits per heavy atom. The second-order valence-electron chi connectivity index (χ2n) is 6.49. The number of hydrogen-bond donors (Lipinski definition) is 2. The molecule has 5 heteroatoms. The number of anilines is 3. The maximum atomic E-state index is 12.4. The van der Waals surface area contributed by atoms with E-state index in [0.717, 1.165) is 28.4 Å². The second kappa shape index (κ2) is 8.36. The van der Waals surface area contributed by atoms with E-state index in [1.54, 1.807) is 12.3 Å². The molecular formula is C22H23N3O2. The van der Waals surface area contributed by atoms with Gasteiger partial charge in [0.25, 0.3) is 5.91 Å². The van der Waals surface area contributed by atoms with E-state index in [4.69, 9.17) is 4.74 Å². The zero-order chi connectivity index (χ0) is 19.2. The lowest BCUT2D eigenvalue weighted by Gasteiger charge is -2.15. The van der Waals surface area contributed by atoms with Gasteiger partial charge < -0.3 is 15.4 Å². The molecule has 0 radical (unpaired) electrons. The third kappa shape index (κ3) is 4.85. The molecule has 0 aliphatic rings. The number of carbonyl (C=O) groups is 1. The average molecular weight is 361 g/mol. The molecule has 1 heterocycles. The summed E-state index contributed by atoms with van der Waals surface area (Å²) >= 11 is 0. The van der Waals surface area contributed by atoms with Crippen LogP contribution < -0.4 is 15.4 Å². The topological polar surface area (TPSA) is 63.2 Å². The molecule has 0 unspecified atom stereocenters. The van der Waals surface area contributed by atoms with E-state index in [-0.39, 0.29) is 12.0 Å². The van der Waals surface area contributed by atoms with Gasteiger partial charge in [0.1, 0.15) is 11.4 Å². The van der Waals surface area contributed by atoms with Crippen molar-refractivity contribution in [1.82, 2.24) is 4.98 Å². The van der Waals surface area contributed by atoms with Crippen LogP contribution >= 0.6 is 0 Å². The molecule has 0 aliphatic heterocycles. The monoisotopic (exact) mass is 361 g/mol. The largest absolute Gasteiger partial charge is 0.489 e. The summed E-state index contributed by atoms with van der Waals surface area (Å²) in [5.41, 5.74) is 3.78. The summed E-state index contributed by atoms with van der Waals surface area (Å²) in [4.78, 5) is 16.7. The van der Waals surface area contributed by atoms with Crippen LogP contribution in [0.1, 0.15) is 29.9 Å². The number of aromatic nitrogens is 1. The van der Waals surface area contributed by atoms with Crippen molar-refractivity contribution in [1.29, 1.82) is 0 Å². The van der Waals surface area contributed by atoms with Gasteiger partial charge in [0.05, 0.1) is 23.7 Å². The second-order valence-corrected chi connectivity index (χ2v) is 6.49. The van der Waals surface area contributed by atoms with E-state index in [9.17, 15) is 4.79 Å². The predicted octanol–water partition coefficient (Wildman–Crippen LogP) is 5.17. The smallest absolute Gasteiger partial charge is 0.274 e. The van der Waals surface area contributed by atoms with E-state index in [0.29, 0.717) is 5.69 Å². The number of amides is 1. The molecule has 138 valence electrons. The van der Waals surface area contributed by atoms with Crippen molar-refractivity contribution < 1.29 is 9.53 Å². The SMILES string of the molecule is Cc1ccccc1NC(=O)c1ccc(Nc2ccccc2OC(C)C)cn1. The first-order valence-corrected chi connectivity index (χ1v) is 8.88. The quantitative estimate of drug-likeness (QED) is 0.635. The van der Waals surface area contributed by atoms with Crippen LogP contribution in [0.15, 0.2) is 66.9 Å². The highest BCUT2D eigenvalue weighted by atomic mass is 16.5. The fourth-order valence-electron chi connectivity index (χ4n) is 2.58. The molecule has 0 saturated heterocycles. The molecule has 5 nitrogen and oxygen atoms in total. The van der Waals surface area contributed by atoms with Crippen LogP contribution in [0.2, 0.25) is 0 Å².